The summed E-state index contributed by atoms with van der Waals surface area (Å²) in [5.41, 5.74) is 0. The maximum Gasteiger partial charge on any atom is 0.211 e. The van der Waals surface area contributed by atoms with Crippen LogP contribution in [0.25, 0.3) is 0 Å². The molecule has 0 saturated heterocycles. The second-order valence-corrected chi connectivity index (χ2v) is 10.6. The average Bonchev–Trinajstić information content (AvgIpc) is 2.70. The predicted octanol–water partition coefficient (Wildman–Crippen LogP) is 6.72. The fraction of sp³-hybridized carbons (Fsp3) is 1.00. The minimum Gasteiger partial charge on any atom is -0.395 e. The van der Waals surface area contributed by atoms with Crippen LogP contribution in [0.1, 0.15) is 136 Å². The van der Waals surface area contributed by atoms with Gasteiger partial charge in [-0.05, 0) is 12.8 Å². The SMILES string of the molecule is CCCCCCCCCCCCCCCCS(=O)(=O)NC(CO)CCCCCC. The Morgan fingerprint density at radius 1 is 0.621 bits per heavy atom. The van der Waals surface area contributed by atoms with E-state index in [0.29, 0.717) is 0 Å². The molecule has 0 aromatic rings. The van der Waals surface area contributed by atoms with E-state index in [2.05, 4.69) is 18.6 Å². The van der Waals surface area contributed by atoms with Gasteiger partial charge in [0.05, 0.1) is 12.4 Å². The third-order valence-electron chi connectivity index (χ3n) is 5.74. The Labute approximate surface area is 182 Å². The molecule has 0 amide bonds. The molecule has 0 aromatic carbocycles. The van der Waals surface area contributed by atoms with Crippen molar-refractivity contribution in [1.29, 1.82) is 0 Å². The molecule has 0 aliphatic carbocycles. The van der Waals surface area contributed by atoms with Crippen LogP contribution in [0.2, 0.25) is 0 Å². The fourth-order valence-corrected chi connectivity index (χ4v) is 5.21. The Morgan fingerprint density at radius 3 is 1.41 bits per heavy atom. The predicted molar refractivity (Wildman–Crippen MR) is 127 cm³/mol. The van der Waals surface area contributed by atoms with Crippen molar-refractivity contribution in [3.05, 3.63) is 0 Å². The van der Waals surface area contributed by atoms with Crippen LogP contribution in [0, 0.1) is 0 Å². The highest BCUT2D eigenvalue weighted by Crippen LogP contribution is 2.13. The van der Waals surface area contributed by atoms with Crippen LogP contribution in [0.4, 0.5) is 0 Å². The molecule has 0 fully saturated rings. The summed E-state index contributed by atoms with van der Waals surface area (Å²) < 4.78 is 27.1. The lowest BCUT2D eigenvalue weighted by atomic mass is 10.0. The maximum absolute atomic E-state index is 12.2. The van der Waals surface area contributed by atoms with Gasteiger partial charge in [0.2, 0.25) is 10.0 Å². The van der Waals surface area contributed by atoms with Gasteiger partial charge in [-0.25, -0.2) is 13.1 Å². The lowest BCUT2D eigenvalue weighted by Crippen LogP contribution is -2.38. The van der Waals surface area contributed by atoms with Crippen molar-refractivity contribution in [2.75, 3.05) is 12.4 Å². The van der Waals surface area contributed by atoms with Gasteiger partial charge in [-0.15, -0.1) is 0 Å². The number of sulfonamides is 1. The quantitative estimate of drug-likeness (QED) is 0.176. The van der Waals surface area contributed by atoms with E-state index in [1.807, 2.05) is 0 Å². The highest BCUT2D eigenvalue weighted by molar-refractivity contribution is 7.89. The zero-order valence-corrected chi connectivity index (χ0v) is 20.4. The van der Waals surface area contributed by atoms with Gasteiger partial charge in [-0.2, -0.15) is 0 Å². The first kappa shape index (κ1) is 28.9. The Hall–Kier alpha value is -0.130. The molecular formula is C24H51NO3S. The normalized spacial score (nSPS) is 13.1. The largest absolute Gasteiger partial charge is 0.395 e. The van der Waals surface area contributed by atoms with Crippen molar-refractivity contribution < 1.29 is 13.5 Å². The zero-order valence-electron chi connectivity index (χ0n) is 19.6. The van der Waals surface area contributed by atoms with Gasteiger partial charge in [0.1, 0.15) is 0 Å². The molecule has 0 heterocycles. The van der Waals surface area contributed by atoms with E-state index in [0.717, 1.165) is 44.9 Å². The molecule has 176 valence electrons. The van der Waals surface area contributed by atoms with Crippen LogP contribution < -0.4 is 4.72 Å². The summed E-state index contributed by atoms with van der Waals surface area (Å²) in [6, 6.07) is -0.316. The van der Waals surface area contributed by atoms with Gasteiger partial charge >= 0.3 is 0 Å². The van der Waals surface area contributed by atoms with Crippen LogP contribution >= 0.6 is 0 Å². The summed E-state index contributed by atoms with van der Waals surface area (Å²) in [6.45, 7) is 4.31. The average molecular weight is 434 g/mol. The molecule has 2 N–H and O–H groups in total. The molecule has 0 aromatic heterocycles. The molecule has 0 saturated carbocycles. The number of aliphatic hydroxyl groups excluding tert-OH is 1. The van der Waals surface area contributed by atoms with Crippen molar-refractivity contribution in [2.24, 2.45) is 0 Å². The Bertz CT molecular complexity index is 426. The molecule has 0 bridgehead atoms. The fourth-order valence-electron chi connectivity index (χ4n) is 3.80. The molecule has 0 aliphatic heterocycles. The van der Waals surface area contributed by atoms with E-state index < -0.39 is 10.0 Å². The van der Waals surface area contributed by atoms with Crippen LogP contribution in [0.5, 0.6) is 0 Å². The third-order valence-corrected chi connectivity index (χ3v) is 7.26. The summed E-state index contributed by atoms with van der Waals surface area (Å²) >= 11 is 0. The molecule has 4 nitrogen and oxygen atoms in total. The van der Waals surface area contributed by atoms with Gasteiger partial charge in [0.15, 0.2) is 0 Å². The van der Waals surface area contributed by atoms with Gasteiger partial charge in [-0.3, -0.25) is 0 Å². The summed E-state index contributed by atoms with van der Waals surface area (Å²) in [6.07, 6.45) is 22.9. The van der Waals surface area contributed by atoms with Gasteiger partial charge in [0.25, 0.3) is 0 Å². The molecule has 1 atom stereocenters. The molecule has 0 aliphatic rings. The smallest absolute Gasteiger partial charge is 0.211 e. The lowest BCUT2D eigenvalue weighted by molar-refractivity contribution is 0.247. The van der Waals surface area contributed by atoms with Crippen molar-refractivity contribution in [3.8, 4) is 0 Å². The molecule has 0 spiro atoms. The number of hydrogen-bond donors (Lipinski definition) is 2. The second kappa shape index (κ2) is 21.1. The second-order valence-electron chi connectivity index (χ2n) is 8.76. The Balaban J connectivity index is 3.53. The number of nitrogens with one attached hydrogen (secondary N) is 1. The lowest BCUT2D eigenvalue weighted by Gasteiger charge is -2.16. The summed E-state index contributed by atoms with van der Waals surface area (Å²) in [7, 11) is -3.26. The highest BCUT2D eigenvalue weighted by atomic mass is 32.2. The minimum atomic E-state index is -3.26. The van der Waals surface area contributed by atoms with Crippen LogP contribution in [-0.2, 0) is 10.0 Å². The number of aliphatic hydroxyl groups is 1. The first-order valence-electron chi connectivity index (χ1n) is 12.7. The van der Waals surface area contributed by atoms with Gasteiger partial charge in [0, 0.05) is 6.04 Å². The molecular weight excluding hydrogens is 382 g/mol. The van der Waals surface area contributed by atoms with Crippen molar-refractivity contribution in [1.82, 2.24) is 4.72 Å². The van der Waals surface area contributed by atoms with Crippen LogP contribution in [0.3, 0.4) is 0 Å². The number of unbranched alkanes of at least 4 members (excludes halogenated alkanes) is 16. The molecule has 0 rings (SSSR count). The maximum atomic E-state index is 12.2. The summed E-state index contributed by atoms with van der Waals surface area (Å²) in [4.78, 5) is 0. The highest BCUT2D eigenvalue weighted by Gasteiger charge is 2.16. The van der Waals surface area contributed by atoms with Crippen molar-refractivity contribution in [2.45, 2.75) is 142 Å². The topological polar surface area (TPSA) is 66.4 Å². The first-order valence-corrected chi connectivity index (χ1v) is 14.3. The van der Waals surface area contributed by atoms with Crippen LogP contribution in [-0.4, -0.2) is 31.9 Å². The van der Waals surface area contributed by atoms with E-state index in [-0.39, 0.29) is 18.4 Å². The summed E-state index contributed by atoms with van der Waals surface area (Å²) in [5.74, 6) is 0.191. The van der Waals surface area contributed by atoms with E-state index in [9.17, 15) is 13.5 Å². The number of rotatable bonds is 23. The van der Waals surface area contributed by atoms with Crippen LogP contribution in [0.15, 0.2) is 0 Å². The van der Waals surface area contributed by atoms with E-state index in [4.69, 9.17) is 0 Å². The standard InChI is InChI=1S/C24H51NO3S/c1-3-5-7-9-10-11-12-13-14-15-16-17-18-20-22-29(27,28)25-24(23-26)21-19-8-6-4-2/h24-26H,3-23H2,1-2H3. The molecule has 0 radical (unpaired) electrons. The Morgan fingerprint density at radius 2 is 1.00 bits per heavy atom. The van der Waals surface area contributed by atoms with E-state index in [1.54, 1.807) is 0 Å². The van der Waals surface area contributed by atoms with Gasteiger partial charge < -0.3 is 5.11 Å². The zero-order chi connectivity index (χ0) is 21.6. The van der Waals surface area contributed by atoms with Gasteiger partial charge in [-0.1, -0.05) is 123 Å². The van der Waals surface area contributed by atoms with Crippen molar-refractivity contribution in [3.63, 3.8) is 0 Å². The third kappa shape index (κ3) is 20.9. The molecule has 29 heavy (non-hydrogen) atoms. The monoisotopic (exact) mass is 433 g/mol. The van der Waals surface area contributed by atoms with E-state index >= 15 is 0 Å². The Kier molecular flexibility index (Phi) is 21.0. The van der Waals surface area contributed by atoms with Crippen molar-refractivity contribution >= 4 is 10.0 Å². The molecule has 5 heteroatoms. The first-order chi connectivity index (χ1) is 14.1. The van der Waals surface area contributed by atoms with E-state index in [1.165, 1.54) is 77.0 Å². The number of hydrogen-bond acceptors (Lipinski definition) is 3. The molecule has 1 unspecified atom stereocenters. The summed E-state index contributed by atoms with van der Waals surface area (Å²) in [5, 5.41) is 9.41. The minimum absolute atomic E-state index is 0.107.